The number of hydrogen-bond donors (Lipinski definition) is 2. The first-order valence-corrected chi connectivity index (χ1v) is 25.4. The number of allylic oxidation sites excluding steroid dienone is 8. The molecule has 0 spiro atoms. The van der Waals surface area contributed by atoms with Crippen LogP contribution in [0.15, 0.2) is 223 Å². The van der Waals surface area contributed by atoms with Crippen LogP contribution in [0, 0.1) is 0 Å². The highest BCUT2D eigenvalue weighted by Gasteiger charge is 2.47. The molecule has 4 unspecified atom stereocenters. The van der Waals surface area contributed by atoms with Crippen LogP contribution in [0.5, 0.6) is 0 Å². The van der Waals surface area contributed by atoms with Gasteiger partial charge in [0.1, 0.15) is 18.2 Å². The lowest BCUT2D eigenvalue weighted by Gasteiger charge is -2.42. The van der Waals surface area contributed by atoms with E-state index in [1.807, 2.05) is 0 Å². The molecule has 0 fully saturated rings. The highest BCUT2D eigenvalue weighted by molar-refractivity contribution is 7.08. The molecule has 0 saturated heterocycles. The minimum Gasteiger partial charge on any atom is -0.350 e. The maximum atomic E-state index is 5.60. The summed E-state index contributed by atoms with van der Waals surface area (Å²) in [5, 5.41) is 14.9. The highest BCUT2D eigenvalue weighted by atomic mass is 28.3. The average molecular weight is 857 g/mol. The molecule has 65 heavy (non-hydrogen) atoms. The number of rotatable bonds is 8. The molecule has 4 nitrogen and oxygen atoms in total. The Labute approximate surface area is 383 Å². The second kappa shape index (κ2) is 15.9. The Kier molecular flexibility index (Phi) is 9.66. The van der Waals surface area contributed by atoms with E-state index >= 15 is 0 Å². The zero-order chi connectivity index (χ0) is 43.5. The molecule has 2 heterocycles. The van der Waals surface area contributed by atoms with Gasteiger partial charge in [-0.1, -0.05) is 201 Å². The van der Waals surface area contributed by atoms with E-state index in [4.69, 9.17) is 4.99 Å². The number of aliphatic imine (C=N–C) groups is 1. The summed E-state index contributed by atoms with van der Waals surface area (Å²) in [6.45, 7) is 4.73. The van der Waals surface area contributed by atoms with Crippen molar-refractivity contribution in [1.29, 1.82) is 0 Å². The van der Waals surface area contributed by atoms with E-state index in [0.717, 1.165) is 36.3 Å². The number of fused-ring (bicyclic) bond motifs is 6. The van der Waals surface area contributed by atoms with Gasteiger partial charge in [-0.25, -0.2) is 4.99 Å². The van der Waals surface area contributed by atoms with Gasteiger partial charge in [0.15, 0.2) is 8.07 Å². The number of nitrogens with one attached hydrogen (secondary N) is 2. The summed E-state index contributed by atoms with van der Waals surface area (Å²) < 4.78 is 2.46. The van der Waals surface area contributed by atoms with E-state index in [1.54, 1.807) is 5.20 Å². The molecule has 0 amide bonds. The quantitative estimate of drug-likeness (QED) is 0.150. The minimum absolute atomic E-state index is 0.0760. The number of aromatic nitrogens is 1. The van der Waals surface area contributed by atoms with E-state index in [-0.39, 0.29) is 17.7 Å². The fourth-order valence-corrected chi connectivity index (χ4v) is 17.3. The molecule has 3 aliphatic carbocycles. The average Bonchev–Trinajstić information content (AvgIpc) is 3.82. The molecule has 4 aliphatic rings. The molecule has 8 aromatic rings. The Hall–Kier alpha value is -7.05. The molecule has 5 heteroatoms. The van der Waals surface area contributed by atoms with Gasteiger partial charge in [-0.3, -0.25) is 5.32 Å². The molecular weight excluding hydrogens is 805 g/mol. The van der Waals surface area contributed by atoms with Gasteiger partial charge < -0.3 is 9.88 Å². The lowest BCUT2D eigenvalue weighted by atomic mass is 9.82. The first kappa shape index (κ1) is 39.5. The second-order valence-corrected chi connectivity index (χ2v) is 22.8. The molecule has 4 atom stereocenters. The topological polar surface area (TPSA) is 41.4 Å². The summed E-state index contributed by atoms with van der Waals surface area (Å²) in [5.41, 5.74) is 12.7. The van der Waals surface area contributed by atoms with Crippen molar-refractivity contribution < 1.29 is 0 Å². The molecular formula is C60H52N4Si. The summed E-state index contributed by atoms with van der Waals surface area (Å²) in [6.07, 6.45) is 19.2. The van der Waals surface area contributed by atoms with Gasteiger partial charge in [-0.05, 0) is 98.9 Å². The third-order valence-electron chi connectivity index (χ3n) is 14.7. The van der Waals surface area contributed by atoms with Crippen LogP contribution in [0.2, 0.25) is 5.54 Å². The fourth-order valence-electron chi connectivity index (χ4n) is 11.6. The van der Waals surface area contributed by atoms with Crippen LogP contribution in [-0.2, 0) is 5.41 Å². The predicted octanol–water partition coefficient (Wildman–Crippen LogP) is 12.7. The van der Waals surface area contributed by atoms with Gasteiger partial charge in [0.2, 0.25) is 0 Å². The van der Waals surface area contributed by atoms with Gasteiger partial charge >= 0.3 is 0 Å². The van der Waals surface area contributed by atoms with Crippen LogP contribution in [0.3, 0.4) is 0 Å². The third kappa shape index (κ3) is 6.48. The van der Waals surface area contributed by atoms with E-state index in [2.05, 4.69) is 241 Å². The van der Waals surface area contributed by atoms with E-state index in [1.165, 1.54) is 65.6 Å². The van der Waals surface area contributed by atoms with Crippen molar-refractivity contribution in [3.05, 3.63) is 245 Å². The van der Waals surface area contributed by atoms with Crippen LogP contribution in [0.25, 0.3) is 38.6 Å². The van der Waals surface area contributed by atoms with Gasteiger partial charge in [-0.15, -0.1) is 0 Å². The van der Waals surface area contributed by atoms with Crippen LogP contribution in [0.4, 0.5) is 0 Å². The van der Waals surface area contributed by atoms with Crippen LogP contribution >= 0.6 is 0 Å². The molecule has 1 aliphatic heterocycles. The van der Waals surface area contributed by atoms with Crippen LogP contribution in [-0.4, -0.2) is 18.5 Å². The fraction of sp³-hybridized carbons (Fsp3) is 0.150. The Morgan fingerprint density at radius 1 is 0.615 bits per heavy atom. The van der Waals surface area contributed by atoms with Crippen molar-refractivity contribution in [2.24, 2.45) is 4.99 Å². The Balaban J connectivity index is 1.00. The predicted molar refractivity (Wildman–Crippen MR) is 274 cm³/mol. The number of para-hydroxylation sites is 1. The second-order valence-electron chi connectivity index (χ2n) is 18.6. The summed E-state index contributed by atoms with van der Waals surface area (Å²) >= 11 is 0. The van der Waals surface area contributed by atoms with Crippen molar-refractivity contribution in [3.63, 3.8) is 0 Å². The normalized spacial score (nSPS) is 20.4. The minimum atomic E-state index is -2.54. The first-order chi connectivity index (χ1) is 32.0. The molecule has 7 aromatic carbocycles. The van der Waals surface area contributed by atoms with Crippen molar-refractivity contribution >= 4 is 46.1 Å². The zero-order valence-electron chi connectivity index (χ0n) is 37.0. The van der Waals surface area contributed by atoms with Gasteiger partial charge in [-0.2, -0.15) is 0 Å². The molecule has 0 radical (unpaired) electrons. The summed E-state index contributed by atoms with van der Waals surface area (Å²) in [7, 11) is -2.54. The third-order valence-corrected chi connectivity index (χ3v) is 20.1. The van der Waals surface area contributed by atoms with Crippen molar-refractivity contribution in [3.8, 4) is 16.8 Å². The summed E-state index contributed by atoms with van der Waals surface area (Å²) in [5.74, 6) is 0.874. The molecule has 1 aromatic heterocycles. The van der Waals surface area contributed by atoms with E-state index in [0.29, 0.717) is 5.54 Å². The largest absolute Gasteiger partial charge is 0.350 e. The van der Waals surface area contributed by atoms with Crippen LogP contribution < -0.4 is 21.0 Å². The summed E-state index contributed by atoms with van der Waals surface area (Å²) in [4.78, 5) is 5.60. The maximum Gasteiger partial charge on any atom is 0.151 e. The Morgan fingerprint density at radius 3 is 2.22 bits per heavy atom. The monoisotopic (exact) mass is 856 g/mol. The number of amidine groups is 1. The lowest BCUT2D eigenvalue weighted by Crippen LogP contribution is -2.63. The summed E-state index contributed by atoms with van der Waals surface area (Å²) in [6, 6.07) is 63.3. The zero-order valence-corrected chi connectivity index (χ0v) is 38.0. The maximum absolute atomic E-state index is 5.60. The molecule has 0 bridgehead atoms. The van der Waals surface area contributed by atoms with Crippen molar-refractivity contribution in [2.75, 3.05) is 0 Å². The van der Waals surface area contributed by atoms with E-state index in [9.17, 15) is 0 Å². The number of hydrogen-bond acceptors (Lipinski definition) is 3. The number of nitrogens with zero attached hydrogens (tertiary/aromatic N) is 2. The Morgan fingerprint density at radius 2 is 1.38 bits per heavy atom. The smallest absolute Gasteiger partial charge is 0.151 e. The lowest BCUT2D eigenvalue weighted by molar-refractivity contribution is 0.409. The standard InChI is InChI=1S/C60H52N4Si/c1-60(2)53-35-17-15-33-49(53)51-40-56-52(39-54(51)60)50-34-16-18-36-55(50)64(56)44-25-19-23-42(37-44)58-61-57(41-21-7-3-8-22-41)62-59(63-58)43-24-20-32-48(38-43)65(45-26-9-4-10-27-45,46-28-11-5-12-29-46)47-30-13-6-14-31-47/h3-13,15-28,30,32-40,46,57,59,62H,14,29,31H2,1-2H3,(H,61,63). The van der Waals surface area contributed by atoms with Gasteiger partial charge in [0.05, 0.1) is 11.0 Å². The first-order valence-electron chi connectivity index (χ1n) is 23.3. The van der Waals surface area contributed by atoms with Gasteiger partial charge in [0, 0.05) is 27.4 Å². The van der Waals surface area contributed by atoms with Crippen molar-refractivity contribution in [1.82, 2.24) is 15.2 Å². The number of benzene rings is 7. The van der Waals surface area contributed by atoms with Crippen molar-refractivity contribution in [2.45, 2.75) is 56.4 Å². The molecule has 12 rings (SSSR count). The van der Waals surface area contributed by atoms with Gasteiger partial charge in [0.25, 0.3) is 0 Å². The van der Waals surface area contributed by atoms with E-state index < -0.39 is 8.07 Å². The molecule has 316 valence electrons. The Bertz CT molecular complexity index is 3300. The molecule has 0 saturated carbocycles. The highest BCUT2D eigenvalue weighted by Crippen LogP contribution is 2.51. The molecule has 2 N–H and O–H groups in total. The SMILES string of the molecule is CC1(C)c2ccccc2-c2cc3c(cc21)c1ccccc1n3-c1cccc(C2=NC(c3cccc([Si](C4=CC=CCC4)(c4ccccc4)C4C=CC=CC4)c3)NC(c3ccccc3)N2)c1. The van der Waals surface area contributed by atoms with Crippen LogP contribution in [0.1, 0.15) is 73.3 Å².